The molecule has 1 saturated carbocycles. The van der Waals surface area contributed by atoms with Gasteiger partial charge in [0.15, 0.2) is 0 Å². The number of carbonyl (C=O) groups is 1. The molecule has 2 aliphatic rings. The molecule has 3 aromatic carbocycles. The van der Waals surface area contributed by atoms with Crippen LogP contribution >= 0.6 is 7.82 Å². The number of phosphoric ester groups is 1. The van der Waals surface area contributed by atoms with Gasteiger partial charge in [-0.05, 0) is 98.9 Å². The number of unbranched alkanes of at least 4 members (excludes halogenated alkanes) is 1. The number of carbonyl (C=O) groups excluding carboxylic acids is 1. The molecule has 0 unspecified atom stereocenters. The smallest absolute Gasteiger partial charge is 0.475 e. The lowest BCUT2D eigenvalue weighted by atomic mass is 9.84. The number of hydrogen-bond donors (Lipinski definition) is 1. The molecule has 5 rings (SSSR count). The van der Waals surface area contributed by atoms with Crippen molar-refractivity contribution in [2.24, 2.45) is 5.92 Å². The number of halogens is 3. The van der Waals surface area contributed by atoms with Crippen molar-refractivity contribution in [2.45, 2.75) is 116 Å². The lowest BCUT2D eigenvalue weighted by Crippen LogP contribution is -2.48. The largest absolute Gasteiger partial charge is 0.490 e. The third-order valence-electron chi connectivity index (χ3n) is 9.12. The highest BCUT2D eigenvalue weighted by Crippen LogP contribution is 2.54. The van der Waals surface area contributed by atoms with Crippen molar-refractivity contribution in [1.82, 2.24) is 5.32 Å². The molecular weight excluding hydrogens is 658 g/mol. The highest BCUT2D eigenvalue weighted by molar-refractivity contribution is 7.48. The van der Waals surface area contributed by atoms with Gasteiger partial charge in [-0.2, -0.15) is 13.2 Å². The Hall–Kier alpha value is -3.11. The fraction of sp³-hybridized carbons (Fsp3) is 0.541. The molecule has 0 saturated heterocycles. The highest BCUT2D eigenvalue weighted by atomic mass is 31.2. The molecule has 1 atom stereocenters. The number of rotatable bonds is 10. The van der Waals surface area contributed by atoms with Crippen LogP contribution in [0.4, 0.5) is 18.0 Å². The first-order valence-corrected chi connectivity index (χ1v) is 18.5. The van der Waals surface area contributed by atoms with E-state index in [0.717, 1.165) is 56.1 Å². The van der Waals surface area contributed by atoms with E-state index in [1.807, 2.05) is 24.3 Å². The zero-order chi connectivity index (χ0) is 35.5. The van der Waals surface area contributed by atoms with Crippen molar-refractivity contribution in [3.8, 4) is 5.75 Å². The van der Waals surface area contributed by atoms with Gasteiger partial charge in [-0.3, -0.25) is 13.6 Å². The van der Waals surface area contributed by atoms with Gasteiger partial charge in [0.25, 0.3) is 0 Å². The molecule has 12 heteroatoms. The maximum Gasteiger partial charge on any atom is 0.475 e. The molecular formula is C37H47F3NO7P. The van der Waals surface area contributed by atoms with Crippen LogP contribution in [0.15, 0.2) is 54.6 Å². The SMILES string of the molecule is CCCCC1CCC(Oc2ccc3cc([C@](C)(COP4(=O)OCc5ccccc5CO4)NC(=O)OC(C)(C)C)ccc3c2C(F)(F)F)CC1. The summed E-state index contributed by atoms with van der Waals surface area (Å²) in [6.07, 6.45) is 1.03. The second-order valence-corrected chi connectivity index (χ2v) is 15.9. The van der Waals surface area contributed by atoms with Crippen molar-refractivity contribution in [1.29, 1.82) is 0 Å². The third kappa shape index (κ3) is 9.57. The molecule has 3 aromatic rings. The Balaban J connectivity index is 1.42. The van der Waals surface area contributed by atoms with Crippen LogP contribution in [0, 0.1) is 5.92 Å². The first kappa shape index (κ1) is 37.2. The summed E-state index contributed by atoms with van der Waals surface area (Å²) in [6, 6.07) is 14.7. The van der Waals surface area contributed by atoms with Crippen molar-refractivity contribution in [3.63, 3.8) is 0 Å². The van der Waals surface area contributed by atoms with E-state index in [1.165, 1.54) is 18.2 Å². The lowest BCUT2D eigenvalue weighted by molar-refractivity contribution is -0.138. The molecule has 0 bridgehead atoms. The van der Waals surface area contributed by atoms with E-state index in [9.17, 15) is 22.5 Å². The number of ether oxygens (including phenoxy) is 2. The summed E-state index contributed by atoms with van der Waals surface area (Å²) in [6.45, 7) is 8.46. The Labute approximate surface area is 286 Å². The number of benzene rings is 3. The summed E-state index contributed by atoms with van der Waals surface area (Å²) in [5.41, 5.74) is -1.11. The van der Waals surface area contributed by atoms with Crippen LogP contribution in [-0.2, 0) is 47.8 Å². The first-order valence-electron chi connectivity index (χ1n) is 17.0. The third-order valence-corrected chi connectivity index (χ3v) is 10.5. The van der Waals surface area contributed by atoms with Crippen LogP contribution in [0.1, 0.15) is 102 Å². The first-order chi connectivity index (χ1) is 23.1. The molecule has 268 valence electrons. The van der Waals surface area contributed by atoms with Gasteiger partial charge in [-0.1, -0.05) is 68.7 Å². The van der Waals surface area contributed by atoms with Crippen molar-refractivity contribution >= 4 is 24.7 Å². The fourth-order valence-electron chi connectivity index (χ4n) is 6.43. The monoisotopic (exact) mass is 705 g/mol. The molecule has 0 spiro atoms. The number of phosphoric acid groups is 1. The van der Waals surface area contributed by atoms with E-state index in [4.69, 9.17) is 23.0 Å². The average molecular weight is 706 g/mol. The minimum atomic E-state index is -4.68. The second kappa shape index (κ2) is 15.0. The summed E-state index contributed by atoms with van der Waals surface area (Å²) >= 11 is 0. The molecule has 0 aromatic heterocycles. The maximum atomic E-state index is 14.7. The van der Waals surface area contributed by atoms with Crippen LogP contribution in [-0.4, -0.2) is 24.4 Å². The Kier molecular flexibility index (Phi) is 11.4. The van der Waals surface area contributed by atoms with Gasteiger partial charge in [-0.15, -0.1) is 0 Å². The standard InChI is InChI=1S/C37H47F3NO7P/c1-6-7-10-25-13-17-30(18-14-25)47-32-20-15-26-21-29(16-19-31(26)33(32)37(38,39)40)36(5,41-34(42)48-35(2,3)4)24-46-49(43)44-22-27-11-8-9-12-28(27)23-45-49/h8-9,11-12,15-16,19-21,25,30H,6-7,10,13-14,17-18,22-24H2,1-5H3,(H,41,42)/t25?,30?,36-/m0/s1. The van der Waals surface area contributed by atoms with E-state index in [-0.39, 0.29) is 35.8 Å². The van der Waals surface area contributed by atoms with Crippen molar-refractivity contribution < 1.29 is 45.6 Å². The van der Waals surface area contributed by atoms with Crippen LogP contribution in [0.3, 0.4) is 0 Å². The molecule has 49 heavy (non-hydrogen) atoms. The second-order valence-electron chi connectivity index (χ2n) is 14.3. The van der Waals surface area contributed by atoms with E-state index < -0.39 is 43.4 Å². The predicted octanol–water partition coefficient (Wildman–Crippen LogP) is 10.6. The van der Waals surface area contributed by atoms with Gasteiger partial charge in [0.2, 0.25) is 0 Å². The summed E-state index contributed by atoms with van der Waals surface area (Å²) in [5, 5.41) is 3.03. The number of fused-ring (bicyclic) bond motifs is 2. The Morgan fingerprint density at radius 1 is 0.939 bits per heavy atom. The van der Waals surface area contributed by atoms with Crippen LogP contribution in [0.2, 0.25) is 0 Å². The summed E-state index contributed by atoms with van der Waals surface area (Å²) < 4.78 is 86.1. The molecule has 8 nitrogen and oxygen atoms in total. The summed E-state index contributed by atoms with van der Waals surface area (Å²) in [7, 11) is -4.11. The van der Waals surface area contributed by atoms with Crippen molar-refractivity contribution in [3.05, 3.63) is 76.9 Å². The molecule has 1 N–H and O–H groups in total. The van der Waals surface area contributed by atoms with Crippen LogP contribution < -0.4 is 10.1 Å². The molecule has 1 aliphatic heterocycles. The summed E-state index contributed by atoms with van der Waals surface area (Å²) in [5.74, 6) is 0.407. The topological polar surface area (TPSA) is 92.3 Å². The molecule has 1 aliphatic carbocycles. The predicted molar refractivity (Wildman–Crippen MR) is 181 cm³/mol. The van der Waals surface area contributed by atoms with Gasteiger partial charge in [0, 0.05) is 0 Å². The Morgan fingerprint density at radius 3 is 2.18 bits per heavy atom. The van der Waals surface area contributed by atoms with Crippen LogP contribution in [0.25, 0.3) is 10.8 Å². The quantitative estimate of drug-likeness (QED) is 0.210. The molecule has 0 radical (unpaired) electrons. The van der Waals surface area contributed by atoms with Gasteiger partial charge < -0.3 is 14.8 Å². The van der Waals surface area contributed by atoms with E-state index in [0.29, 0.717) is 11.5 Å². The average Bonchev–Trinajstić information content (AvgIpc) is 3.21. The van der Waals surface area contributed by atoms with Crippen LogP contribution in [0.5, 0.6) is 5.75 Å². The molecule has 1 amide bonds. The number of hydrogen-bond acceptors (Lipinski definition) is 7. The van der Waals surface area contributed by atoms with E-state index in [1.54, 1.807) is 39.8 Å². The van der Waals surface area contributed by atoms with E-state index in [2.05, 4.69) is 12.2 Å². The van der Waals surface area contributed by atoms with Gasteiger partial charge in [0.1, 0.15) is 16.9 Å². The Bertz CT molecular complexity index is 1630. The number of nitrogens with one attached hydrogen (secondary N) is 1. The van der Waals surface area contributed by atoms with Crippen molar-refractivity contribution in [2.75, 3.05) is 6.61 Å². The highest BCUT2D eigenvalue weighted by Gasteiger charge is 2.40. The fourth-order valence-corrected chi connectivity index (χ4v) is 7.67. The summed E-state index contributed by atoms with van der Waals surface area (Å²) in [4.78, 5) is 13.1. The Morgan fingerprint density at radius 2 is 1.59 bits per heavy atom. The zero-order valence-electron chi connectivity index (χ0n) is 28.9. The number of alkyl carbamates (subject to hydrolysis) is 1. The van der Waals surface area contributed by atoms with Gasteiger partial charge >= 0.3 is 20.1 Å². The maximum absolute atomic E-state index is 14.7. The zero-order valence-corrected chi connectivity index (χ0v) is 29.8. The normalized spacial score (nSPS) is 20.9. The molecule has 1 fully saturated rings. The van der Waals surface area contributed by atoms with Gasteiger partial charge in [-0.25, -0.2) is 9.36 Å². The minimum Gasteiger partial charge on any atom is -0.490 e. The molecule has 1 heterocycles. The van der Waals surface area contributed by atoms with E-state index >= 15 is 0 Å². The minimum absolute atomic E-state index is 0.00937. The lowest BCUT2D eigenvalue weighted by Gasteiger charge is -2.33. The number of amides is 1. The van der Waals surface area contributed by atoms with Gasteiger partial charge in [0.05, 0.1) is 31.5 Å². The number of alkyl halides is 3.